The van der Waals surface area contributed by atoms with E-state index in [0.717, 1.165) is 0 Å². The highest BCUT2D eigenvalue weighted by Gasteiger charge is 2.33. The number of hydrogen-bond acceptors (Lipinski definition) is 2. The number of ether oxygens (including phenoxy) is 1. The topological polar surface area (TPSA) is 21.3 Å². The van der Waals surface area contributed by atoms with Crippen molar-refractivity contribution in [2.24, 2.45) is 5.92 Å². The summed E-state index contributed by atoms with van der Waals surface area (Å²) >= 11 is 0. The fourth-order valence-corrected chi connectivity index (χ4v) is 1.73. The first-order valence-corrected chi connectivity index (χ1v) is 4.20. The van der Waals surface area contributed by atoms with Gasteiger partial charge in [-0.3, -0.25) is 5.32 Å². The Hall–Kier alpha value is -0.340. The van der Waals surface area contributed by atoms with Crippen LogP contribution in [0.15, 0.2) is 12.2 Å². The van der Waals surface area contributed by atoms with Crippen LogP contribution in [0.1, 0.15) is 13.8 Å². The van der Waals surface area contributed by atoms with Crippen molar-refractivity contribution in [1.29, 1.82) is 0 Å². The summed E-state index contributed by atoms with van der Waals surface area (Å²) in [6.07, 6.45) is 7.14. The Morgan fingerprint density at radius 2 is 2.09 bits per heavy atom. The molecular formula is C9H14NO. The highest BCUT2D eigenvalue weighted by molar-refractivity contribution is 5.14. The quantitative estimate of drug-likeness (QED) is 0.525. The van der Waals surface area contributed by atoms with Crippen molar-refractivity contribution in [2.75, 3.05) is 0 Å². The molecule has 4 unspecified atom stereocenters. The number of hydrogen-bond donors (Lipinski definition) is 1. The van der Waals surface area contributed by atoms with Crippen molar-refractivity contribution < 1.29 is 4.74 Å². The summed E-state index contributed by atoms with van der Waals surface area (Å²) in [6.45, 7) is 4.24. The van der Waals surface area contributed by atoms with Gasteiger partial charge < -0.3 is 4.74 Å². The molecule has 1 aliphatic heterocycles. The van der Waals surface area contributed by atoms with Gasteiger partial charge in [-0.25, -0.2) is 0 Å². The zero-order valence-corrected chi connectivity index (χ0v) is 6.95. The van der Waals surface area contributed by atoms with Crippen LogP contribution in [0.2, 0.25) is 0 Å². The lowest BCUT2D eigenvalue weighted by Gasteiger charge is -2.21. The summed E-state index contributed by atoms with van der Waals surface area (Å²) in [5.74, 6) is 0.581. The maximum Gasteiger partial charge on any atom is 0.106 e. The first-order valence-electron chi connectivity index (χ1n) is 4.20. The van der Waals surface area contributed by atoms with E-state index in [1.54, 1.807) is 0 Å². The molecule has 1 N–H and O–H groups in total. The molecule has 0 aromatic carbocycles. The van der Waals surface area contributed by atoms with Gasteiger partial charge in [0.1, 0.15) is 6.23 Å². The van der Waals surface area contributed by atoms with Crippen LogP contribution in [0, 0.1) is 12.3 Å². The van der Waals surface area contributed by atoms with Crippen LogP contribution < -0.4 is 5.32 Å². The van der Waals surface area contributed by atoms with E-state index in [0.29, 0.717) is 12.0 Å². The molecule has 1 radical (unpaired) electrons. The molecule has 4 atom stereocenters. The fraction of sp³-hybridized carbons (Fsp3) is 0.667. The maximum atomic E-state index is 5.58. The molecule has 2 rings (SSSR count). The molecule has 0 aromatic rings. The lowest BCUT2D eigenvalue weighted by Crippen LogP contribution is -2.35. The Morgan fingerprint density at radius 3 is 2.91 bits per heavy atom. The fourth-order valence-electron chi connectivity index (χ4n) is 1.73. The molecule has 1 aliphatic carbocycles. The lowest BCUT2D eigenvalue weighted by molar-refractivity contribution is 0.0741. The van der Waals surface area contributed by atoms with Gasteiger partial charge in [0.25, 0.3) is 0 Å². The molecule has 11 heavy (non-hydrogen) atoms. The van der Waals surface area contributed by atoms with Crippen LogP contribution in [-0.4, -0.2) is 18.4 Å². The van der Waals surface area contributed by atoms with Gasteiger partial charge in [0, 0.05) is 6.04 Å². The Kier molecular flexibility index (Phi) is 1.74. The van der Waals surface area contributed by atoms with E-state index in [4.69, 9.17) is 4.74 Å². The first-order chi connectivity index (χ1) is 5.25. The third-order valence-electron chi connectivity index (χ3n) is 2.26. The molecular weight excluding hydrogens is 138 g/mol. The van der Waals surface area contributed by atoms with Gasteiger partial charge in [-0.2, -0.15) is 0 Å². The van der Waals surface area contributed by atoms with Crippen LogP contribution in [0.5, 0.6) is 0 Å². The number of fused-ring (bicyclic) bond motifs is 1. The molecule has 0 aromatic heterocycles. The summed E-state index contributed by atoms with van der Waals surface area (Å²) in [5.41, 5.74) is 0. The molecule has 2 aliphatic rings. The average molecular weight is 152 g/mol. The van der Waals surface area contributed by atoms with Gasteiger partial charge in [-0.1, -0.05) is 19.1 Å². The largest absolute Gasteiger partial charge is 0.355 e. The van der Waals surface area contributed by atoms with E-state index in [-0.39, 0.29) is 12.3 Å². The Bertz CT molecular complexity index is 178. The van der Waals surface area contributed by atoms with Crippen molar-refractivity contribution in [3.63, 3.8) is 0 Å². The van der Waals surface area contributed by atoms with Crippen molar-refractivity contribution in [2.45, 2.75) is 32.2 Å². The van der Waals surface area contributed by atoms with E-state index in [9.17, 15) is 0 Å². The minimum Gasteiger partial charge on any atom is -0.355 e. The van der Waals surface area contributed by atoms with E-state index in [1.165, 1.54) is 0 Å². The summed E-state index contributed by atoms with van der Waals surface area (Å²) in [4.78, 5) is 0. The van der Waals surface area contributed by atoms with Crippen LogP contribution >= 0.6 is 0 Å². The number of allylic oxidation sites excluding steroid dienone is 1. The predicted molar refractivity (Wildman–Crippen MR) is 43.9 cm³/mol. The van der Waals surface area contributed by atoms with Crippen molar-refractivity contribution in [3.8, 4) is 0 Å². The Morgan fingerprint density at radius 1 is 1.27 bits per heavy atom. The van der Waals surface area contributed by atoms with Gasteiger partial charge in [0.05, 0.1) is 6.10 Å². The average Bonchev–Trinajstić information content (AvgIpc) is 2.27. The van der Waals surface area contributed by atoms with Gasteiger partial charge in [0.2, 0.25) is 0 Å². The molecule has 61 valence electrons. The molecule has 1 fully saturated rings. The predicted octanol–water partition coefficient (Wildman–Crippen LogP) is 1.10. The lowest BCUT2D eigenvalue weighted by atomic mass is 9.92. The SMILES string of the molecule is CC1[CH]C2NC(C)OC2C=C1. The monoisotopic (exact) mass is 152 g/mol. The zero-order chi connectivity index (χ0) is 7.84. The molecule has 0 bridgehead atoms. The van der Waals surface area contributed by atoms with Crippen molar-refractivity contribution in [3.05, 3.63) is 18.6 Å². The normalized spacial score (nSPS) is 49.3. The molecule has 1 saturated heterocycles. The minimum atomic E-state index is 0.205. The third kappa shape index (κ3) is 1.33. The molecule has 0 saturated carbocycles. The first kappa shape index (κ1) is 7.32. The van der Waals surface area contributed by atoms with E-state index in [1.807, 2.05) is 6.92 Å². The second-order valence-electron chi connectivity index (χ2n) is 3.37. The highest BCUT2D eigenvalue weighted by atomic mass is 16.5. The van der Waals surface area contributed by atoms with Crippen molar-refractivity contribution >= 4 is 0 Å². The summed E-state index contributed by atoms with van der Waals surface area (Å²) in [6, 6.07) is 0.435. The van der Waals surface area contributed by atoms with E-state index < -0.39 is 0 Å². The molecule has 2 nitrogen and oxygen atoms in total. The molecule has 0 amide bonds. The second-order valence-corrected chi connectivity index (χ2v) is 3.37. The second kappa shape index (κ2) is 2.61. The maximum absolute atomic E-state index is 5.58. The zero-order valence-electron chi connectivity index (χ0n) is 6.95. The van der Waals surface area contributed by atoms with Crippen LogP contribution in [-0.2, 0) is 4.74 Å². The smallest absolute Gasteiger partial charge is 0.106 e. The van der Waals surface area contributed by atoms with Crippen LogP contribution in [0.4, 0.5) is 0 Å². The van der Waals surface area contributed by atoms with Crippen LogP contribution in [0.3, 0.4) is 0 Å². The van der Waals surface area contributed by atoms with E-state index in [2.05, 4.69) is 30.8 Å². The molecule has 2 heteroatoms. The van der Waals surface area contributed by atoms with Crippen LogP contribution in [0.25, 0.3) is 0 Å². The van der Waals surface area contributed by atoms with Gasteiger partial charge in [-0.15, -0.1) is 0 Å². The molecule has 1 heterocycles. The Balaban J connectivity index is 2.08. The summed E-state index contributed by atoms with van der Waals surface area (Å²) in [5, 5.41) is 3.36. The standard InChI is InChI=1S/C9H14NO/c1-6-3-4-9-8(5-6)10-7(2)11-9/h3-10H,1-2H3. The molecule has 0 spiro atoms. The van der Waals surface area contributed by atoms with Crippen molar-refractivity contribution in [1.82, 2.24) is 5.32 Å². The summed E-state index contributed by atoms with van der Waals surface area (Å²) in [7, 11) is 0. The number of rotatable bonds is 0. The van der Waals surface area contributed by atoms with Gasteiger partial charge in [-0.05, 0) is 19.3 Å². The number of nitrogens with one attached hydrogen (secondary N) is 1. The Labute approximate surface area is 67.6 Å². The van der Waals surface area contributed by atoms with Gasteiger partial charge in [0.15, 0.2) is 0 Å². The highest BCUT2D eigenvalue weighted by Crippen LogP contribution is 2.24. The van der Waals surface area contributed by atoms with Gasteiger partial charge >= 0.3 is 0 Å². The third-order valence-corrected chi connectivity index (χ3v) is 2.26. The van der Waals surface area contributed by atoms with E-state index >= 15 is 0 Å². The minimum absolute atomic E-state index is 0.205. The summed E-state index contributed by atoms with van der Waals surface area (Å²) < 4.78 is 5.58.